The van der Waals surface area contributed by atoms with Crippen LogP contribution in [0.1, 0.15) is 11.6 Å². The molecule has 0 aliphatic heterocycles. The Bertz CT molecular complexity index is 533. The van der Waals surface area contributed by atoms with E-state index in [1.54, 1.807) is 7.11 Å². The molecule has 0 heterocycles. The monoisotopic (exact) mass is 339 g/mol. The van der Waals surface area contributed by atoms with Gasteiger partial charge in [-0.3, -0.25) is 0 Å². The lowest BCUT2D eigenvalue weighted by molar-refractivity contribution is 0.186. The van der Waals surface area contributed by atoms with Gasteiger partial charge in [0.2, 0.25) is 0 Å². The van der Waals surface area contributed by atoms with Crippen LogP contribution in [-0.4, -0.2) is 13.7 Å². The Morgan fingerprint density at radius 3 is 2.63 bits per heavy atom. The van der Waals surface area contributed by atoms with Crippen LogP contribution in [-0.2, 0) is 4.74 Å². The number of benzene rings is 2. The van der Waals surface area contributed by atoms with Crippen molar-refractivity contribution < 1.29 is 4.74 Å². The summed E-state index contributed by atoms with van der Waals surface area (Å²) in [5, 5.41) is 4.15. The number of ether oxygens (including phenoxy) is 1. The maximum absolute atomic E-state index is 6.03. The van der Waals surface area contributed by atoms with Crippen molar-refractivity contribution in [2.75, 3.05) is 19.0 Å². The number of methoxy groups -OCH3 is 1. The molecule has 1 N–H and O–H groups in total. The van der Waals surface area contributed by atoms with E-state index in [2.05, 4.69) is 33.4 Å². The van der Waals surface area contributed by atoms with E-state index >= 15 is 0 Å². The summed E-state index contributed by atoms with van der Waals surface area (Å²) in [5.74, 6) is 0. The maximum atomic E-state index is 6.03. The first-order valence-corrected chi connectivity index (χ1v) is 7.13. The normalized spacial score (nSPS) is 12.2. The van der Waals surface area contributed by atoms with Gasteiger partial charge in [0, 0.05) is 16.6 Å². The number of nitrogens with one attached hydrogen (secondary N) is 1. The predicted octanol–water partition coefficient (Wildman–Crippen LogP) is 4.90. The van der Waals surface area contributed by atoms with Crippen molar-refractivity contribution >= 4 is 33.2 Å². The highest BCUT2D eigenvalue weighted by Crippen LogP contribution is 2.29. The number of anilines is 1. The lowest BCUT2D eigenvalue weighted by atomic mass is 10.1. The molecule has 0 amide bonds. The molecular formula is C15H15BrClNO. The van der Waals surface area contributed by atoms with Crippen molar-refractivity contribution in [2.24, 2.45) is 0 Å². The number of halogens is 2. The molecule has 4 heteroatoms. The second-order valence-corrected chi connectivity index (χ2v) is 5.48. The fourth-order valence-electron chi connectivity index (χ4n) is 1.87. The Balaban J connectivity index is 2.24. The van der Waals surface area contributed by atoms with E-state index in [-0.39, 0.29) is 6.04 Å². The number of hydrogen-bond acceptors (Lipinski definition) is 2. The van der Waals surface area contributed by atoms with Gasteiger partial charge in [-0.2, -0.15) is 0 Å². The molecule has 0 aliphatic rings. The average molecular weight is 341 g/mol. The molecule has 2 aromatic carbocycles. The molecule has 0 radical (unpaired) electrons. The van der Waals surface area contributed by atoms with Crippen LogP contribution in [0.3, 0.4) is 0 Å². The topological polar surface area (TPSA) is 21.3 Å². The van der Waals surface area contributed by atoms with Gasteiger partial charge >= 0.3 is 0 Å². The van der Waals surface area contributed by atoms with E-state index in [1.807, 2.05) is 36.4 Å². The Hall–Kier alpha value is -1.03. The molecule has 0 fully saturated rings. The standard InChI is InChI=1S/C15H15BrClNO/c1-19-10-15(11-5-3-2-4-6-11)18-14-9-12(17)7-8-13(14)16/h2-9,15,18H,10H2,1H3. The predicted molar refractivity (Wildman–Crippen MR) is 83.8 cm³/mol. The van der Waals surface area contributed by atoms with E-state index in [9.17, 15) is 0 Å². The van der Waals surface area contributed by atoms with Crippen LogP contribution in [0.2, 0.25) is 5.02 Å². The molecule has 2 nitrogen and oxygen atoms in total. The summed E-state index contributed by atoms with van der Waals surface area (Å²) in [5.41, 5.74) is 2.13. The average Bonchev–Trinajstić information content (AvgIpc) is 2.43. The minimum Gasteiger partial charge on any atom is -0.382 e. The van der Waals surface area contributed by atoms with E-state index in [1.165, 1.54) is 5.56 Å². The summed E-state index contributed by atoms with van der Waals surface area (Å²) >= 11 is 9.55. The van der Waals surface area contributed by atoms with Crippen LogP contribution in [0, 0.1) is 0 Å². The molecule has 2 rings (SSSR count). The van der Waals surface area contributed by atoms with Crippen LogP contribution in [0.15, 0.2) is 53.0 Å². The highest BCUT2D eigenvalue weighted by atomic mass is 79.9. The van der Waals surface area contributed by atoms with E-state index in [4.69, 9.17) is 16.3 Å². The van der Waals surface area contributed by atoms with Crippen molar-refractivity contribution in [1.82, 2.24) is 0 Å². The van der Waals surface area contributed by atoms with Crippen molar-refractivity contribution in [3.8, 4) is 0 Å². The van der Waals surface area contributed by atoms with Gasteiger partial charge in [0.15, 0.2) is 0 Å². The minimum atomic E-state index is 0.0842. The minimum absolute atomic E-state index is 0.0842. The summed E-state index contributed by atoms with van der Waals surface area (Å²) in [6, 6.07) is 16.0. The number of hydrogen-bond donors (Lipinski definition) is 1. The molecular weight excluding hydrogens is 326 g/mol. The molecule has 0 spiro atoms. The van der Waals surface area contributed by atoms with E-state index < -0.39 is 0 Å². The Morgan fingerprint density at radius 2 is 1.95 bits per heavy atom. The molecule has 19 heavy (non-hydrogen) atoms. The Labute approximate surface area is 126 Å². The zero-order valence-electron chi connectivity index (χ0n) is 10.6. The zero-order chi connectivity index (χ0) is 13.7. The van der Waals surface area contributed by atoms with Gasteiger partial charge in [0.05, 0.1) is 18.3 Å². The fraction of sp³-hybridized carbons (Fsp3) is 0.200. The van der Waals surface area contributed by atoms with Gasteiger partial charge in [-0.25, -0.2) is 0 Å². The van der Waals surface area contributed by atoms with Gasteiger partial charge in [0.25, 0.3) is 0 Å². The quantitative estimate of drug-likeness (QED) is 0.835. The molecule has 0 saturated heterocycles. The van der Waals surface area contributed by atoms with Crippen LogP contribution < -0.4 is 5.32 Å². The molecule has 0 aliphatic carbocycles. The van der Waals surface area contributed by atoms with E-state index in [0.29, 0.717) is 11.6 Å². The first-order chi connectivity index (χ1) is 9.20. The van der Waals surface area contributed by atoms with Gasteiger partial charge in [-0.15, -0.1) is 0 Å². The van der Waals surface area contributed by atoms with Crippen molar-refractivity contribution in [3.63, 3.8) is 0 Å². The summed E-state index contributed by atoms with van der Waals surface area (Å²) in [6.07, 6.45) is 0. The van der Waals surface area contributed by atoms with Crippen LogP contribution >= 0.6 is 27.5 Å². The highest BCUT2D eigenvalue weighted by molar-refractivity contribution is 9.10. The van der Waals surface area contributed by atoms with Crippen molar-refractivity contribution in [1.29, 1.82) is 0 Å². The Kier molecular flexibility index (Phi) is 5.25. The third-order valence-electron chi connectivity index (χ3n) is 2.79. The van der Waals surface area contributed by atoms with Gasteiger partial charge in [-0.05, 0) is 39.7 Å². The molecule has 0 aromatic heterocycles. The summed E-state index contributed by atoms with van der Waals surface area (Å²) in [4.78, 5) is 0. The van der Waals surface area contributed by atoms with Crippen LogP contribution in [0.25, 0.3) is 0 Å². The lowest BCUT2D eigenvalue weighted by Crippen LogP contribution is -2.16. The summed E-state index contributed by atoms with van der Waals surface area (Å²) in [7, 11) is 1.70. The molecule has 100 valence electrons. The van der Waals surface area contributed by atoms with Crippen LogP contribution in [0.5, 0.6) is 0 Å². The SMILES string of the molecule is COCC(Nc1cc(Cl)ccc1Br)c1ccccc1. The molecule has 1 unspecified atom stereocenters. The summed E-state index contributed by atoms with van der Waals surface area (Å²) in [6.45, 7) is 0.586. The molecule has 0 bridgehead atoms. The Morgan fingerprint density at radius 1 is 1.21 bits per heavy atom. The third kappa shape index (κ3) is 3.96. The maximum Gasteiger partial charge on any atom is 0.0747 e. The van der Waals surface area contributed by atoms with Gasteiger partial charge in [-0.1, -0.05) is 41.9 Å². The molecule has 0 saturated carbocycles. The lowest BCUT2D eigenvalue weighted by Gasteiger charge is -2.20. The molecule has 1 atom stereocenters. The van der Waals surface area contributed by atoms with Gasteiger partial charge < -0.3 is 10.1 Å². The first-order valence-electron chi connectivity index (χ1n) is 5.96. The zero-order valence-corrected chi connectivity index (χ0v) is 12.9. The largest absolute Gasteiger partial charge is 0.382 e. The second kappa shape index (κ2) is 6.94. The molecule has 2 aromatic rings. The number of rotatable bonds is 5. The highest BCUT2D eigenvalue weighted by Gasteiger charge is 2.12. The fourth-order valence-corrected chi connectivity index (χ4v) is 2.40. The van der Waals surface area contributed by atoms with Crippen molar-refractivity contribution in [2.45, 2.75) is 6.04 Å². The second-order valence-electron chi connectivity index (χ2n) is 4.19. The summed E-state index contributed by atoms with van der Waals surface area (Å²) < 4.78 is 6.27. The van der Waals surface area contributed by atoms with Gasteiger partial charge in [0.1, 0.15) is 0 Å². The van der Waals surface area contributed by atoms with E-state index in [0.717, 1.165) is 10.2 Å². The first kappa shape index (κ1) is 14.4. The third-order valence-corrected chi connectivity index (χ3v) is 3.72. The smallest absolute Gasteiger partial charge is 0.0747 e. The van der Waals surface area contributed by atoms with Crippen molar-refractivity contribution in [3.05, 3.63) is 63.6 Å². The van der Waals surface area contributed by atoms with Crippen LogP contribution in [0.4, 0.5) is 5.69 Å².